The predicted octanol–water partition coefficient (Wildman–Crippen LogP) is 2.51. The lowest BCUT2D eigenvalue weighted by Gasteiger charge is -2.30. The minimum Gasteiger partial charge on any atom is -0.444 e. The number of allylic oxidation sites excluding steroid dienone is 1. The first-order valence-electron chi connectivity index (χ1n) is 17.5. The smallest absolute Gasteiger partial charge is 0.410 e. The number of hydrogen-bond donors (Lipinski definition) is 3. The van der Waals surface area contributed by atoms with Crippen molar-refractivity contribution >= 4 is 39.9 Å². The van der Waals surface area contributed by atoms with Gasteiger partial charge >= 0.3 is 12.2 Å². The average molecular weight is 736 g/mol. The summed E-state index contributed by atoms with van der Waals surface area (Å²) in [5, 5.41) is 4.43. The lowest BCUT2D eigenvalue weighted by Crippen LogP contribution is -2.58. The number of alkyl halides is 2. The third kappa shape index (κ3) is 8.61. The van der Waals surface area contributed by atoms with Crippen LogP contribution in [0.3, 0.4) is 0 Å². The maximum atomic E-state index is 14.1. The molecule has 0 bridgehead atoms. The van der Waals surface area contributed by atoms with Crippen molar-refractivity contribution < 1.29 is 50.6 Å². The molecular weight excluding hydrogens is 692 g/mol. The minimum atomic E-state index is -3.94. The maximum absolute atomic E-state index is 14.1. The first-order chi connectivity index (χ1) is 24.4. The molecule has 5 aliphatic rings. The van der Waals surface area contributed by atoms with Gasteiger partial charge in [0.2, 0.25) is 21.8 Å². The molecule has 14 nitrogen and oxygen atoms in total. The third-order valence-corrected chi connectivity index (χ3v) is 12.0. The van der Waals surface area contributed by atoms with Crippen LogP contribution in [-0.2, 0) is 46.8 Å². The second-order valence-corrected chi connectivity index (χ2v) is 15.8. The van der Waals surface area contributed by atoms with Crippen LogP contribution in [0.25, 0.3) is 0 Å². The Morgan fingerprint density at radius 1 is 1.06 bits per heavy atom. The Morgan fingerprint density at radius 2 is 1.82 bits per heavy atom. The number of halogens is 2. The number of alkyl carbamates (subject to hydrolysis) is 1. The summed E-state index contributed by atoms with van der Waals surface area (Å²) < 4.78 is 63.5. The van der Waals surface area contributed by atoms with E-state index in [-0.39, 0.29) is 25.8 Å². The van der Waals surface area contributed by atoms with Crippen LogP contribution in [-0.4, -0.2) is 103 Å². The highest BCUT2D eigenvalue weighted by Gasteiger charge is 2.62. The molecule has 3 heterocycles. The molecule has 5 amide bonds. The number of nitrogens with one attached hydrogen (secondary N) is 3. The highest BCUT2D eigenvalue weighted by Crippen LogP contribution is 2.46. The number of sulfonamides is 1. The molecule has 1 aromatic rings. The average Bonchev–Trinajstić information content (AvgIpc) is 4.02. The van der Waals surface area contributed by atoms with Crippen molar-refractivity contribution in [3.63, 3.8) is 0 Å². The van der Waals surface area contributed by atoms with Gasteiger partial charge in [0.15, 0.2) is 6.61 Å². The Hall–Kier alpha value is -4.28. The Balaban J connectivity index is 1.24. The standard InChI is InChI=1S/C34H43F2N5O9S/c35-28(36)20-49-32(45)37-26-11-5-3-1-2-4-10-23-17-34(23,31(44)39-51(47,48)25-12-13-25)38-29(42)27-16-24(19-41(27)30(26)43)50-33(46)40-15-14-21-8-6-7-9-22(21)18-40/h4,6-10,23-28H,1-3,5,11-20H2,(H,37,45)(H,38,42)(H,39,44)/b10-4+/t23-,24-,26+,27+,34-/m1/s1. The number of benzene rings is 1. The lowest BCUT2D eigenvalue weighted by atomic mass is 10.0. The fourth-order valence-corrected chi connectivity index (χ4v) is 8.40. The monoisotopic (exact) mass is 735 g/mol. The zero-order valence-corrected chi connectivity index (χ0v) is 28.9. The van der Waals surface area contributed by atoms with Gasteiger partial charge in [-0.2, -0.15) is 0 Å². The summed E-state index contributed by atoms with van der Waals surface area (Å²) in [6.07, 6.45) is 1.90. The zero-order valence-electron chi connectivity index (χ0n) is 28.1. The van der Waals surface area contributed by atoms with E-state index in [9.17, 15) is 41.2 Å². The van der Waals surface area contributed by atoms with E-state index in [2.05, 4.69) is 20.1 Å². The molecule has 51 heavy (non-hydrogen) atoms. The van der Waals surface area contributed by atoms with Crippen molar-refractivity contribution in [1.82, 2.24) is 25.2 Å². The van der Waals surface area contributed by atoms with Gasteiger partial charge in [-0.25, -0.2) is 26.8 Å². The predicted molar refractivity (Wildman–Crippen MR) is 177 cm³/mol. The number of rotatable bonds is 7. The molecule has 3 fully saturated rings. The molecule has 17 heteroatoms. The second-order valence-electron chi connectivity index (χ2n) is 13.9. The Kier molecular flexibility index (Phi) is 10.8. The van der Waals surface area contributed by atoms with Crippen LogP contribution in [0, 0.1) is 5.92 Å². The van der Waals surface area contributed by atoms with Gasteiger partial charge in [-0.05, 0) is 56.1 Å². The van der Waals surface area contributed by atoms with Gasteiger partial charge in [0.25, 0.3) is 12.3 Å². The van der Waals surface area contributed by atoms with Gasteiger partial charge in [0.1, 0.15) is 23.7 Å². The van der Waals surface area contributed by atoms with Crippen molar-refractivity contribution in [2.24, 2.45) is 5.92 Å². The molecule has 278 valence electrons. The molecule has 3 N–H and O–H groups in total. The lowest BCUT2D eigenvalue weighted by molar-refractivity contribution is -0.141. The molecule has 0 aromatic heterocycles. The molecule has 5 atom stereocenters. The largest absolute Gasteiger partial charge is 0.444 e. The normalized spacial score (nSPS) is 28.9. The van der Waals surface area contributed by atoms with E-state index in [0.29, 0.717) is 58.0 Å². The van der Waals surface area contributed by atoms with Crippen molar-refractivity contribution in [3.05, 3.63) is 47.5 Å². The van der Waals surface area contributed by atoms with Crippen LogP contribution in [0.5, 0.6) is 0 Å². The van der Waals surface area contributed by atoms with E-state index in [4.69, 9.17) is 4.74 Å². The fraction of sp³-hybridized carbons (Fsp3) is 0.618. The molecule has 1 saturated heterocycles. The molecule has 0 unspecified atom stereocenters. The number of hydrogen-bond acceptors (Lipinski definition) is 9. The maximum Gasteiger partial charge on any atom is 0.410 e. The van der Waals surface area contributed by atoms with E-state index in [1.54, 1.807) is 6.08 Å². The van der Waals surface area contributed by atoms with E-state index in [1.165, 1.54) is 4.90 Å². The van der Waals surface area contributed by atoms with Crippen LogP contribution in [0.1, 0.15) is 68.9 Å². The fourth-order valence-electron chi connectivity index (χ4n) is 7.04. The zero-order chi connectivity index (χ0) is 36.3. The van der Waals surface area contributed by atoms with Crippen LogP contribution < -0.4 is 15.4 Å². The number of amides is 5. The summed E-state index contributed by atoms with van der Waals surface area (Å²) in [5.41, 5.74) is 0.511. The summed E-state index contributed by atoms with van der Waals surface area (Å²) >= 11 is 0. The van der Waals surface area contributed by atoms with Crippen molar-refractivity contribution in [1.29, 1.82) is 0 Å². The van der Waals surface area contributed by atoms with E-state index < -0.39 is 87.9 Å². The molecule has 2 saturated carbocycles. The van der Waals surface area contributed by atoms with Crippen LogP contribution in [0.15, 0.2) is 36.4 Å². The number of fused-ring (bicyclic) bond motifs is 3. The highest BCUT2D eigenvalue weighted by molar-refractivity contribution is 7.91. The number of carbonyl (C=O) groups is 5. The van der Waals surface area contributed by atoms with Gasteiger partial charge in [0.05, 0.1) is 11.8 Å². The Labute approximate surface area is 294 Å². The topological polar surface area (TPSA) is 181 Å². The van der Waals surface area contributed by atoms with E-state index >= 15 is 0 Å². The summed E-state index contributed by atoms with van der Waals surface area (Å²) in [6.45, 7) is -0.681. The first-order valence-corrected chi connectivity index (χ1v) is 19.0. The first kappa shape index (κ1) is 36.5. The highest BCUT2D eigenvalue weighted by atomic mass is 32.2. The van der Waals surface area contributed by atoms with Crippen LogP contribution >= 0.6 is 0 Å². The summed E-state index contributed by atoms with van der Waals surface area (Å²) in [5.74, 6) is -2.85. The molecule has 3 aliphatic heterocycles. The van der Waals surface area contributed by atoms with Gasteiger partial charge < -0.3 is 29.9 Å². The van der Waals surface area contributed by atoms with Gasteiger partial charge in [0, 0.05) is 25.4 Å². The molecule has 1 aromatic carbocycles. The molecular formula is C34H43F2N5O9S. The summed E-state index contributed by atoms with van der Waals surface area (Å²) in [6, 6.07) is 5.18. The Morgan fingerprint density at radius 3 is 2.57 bits per heavy atom. The van der Waals surface area contributed by atoms with Crippen LogP contribution in [0.4, 0.5) is 18.4 Å². The number of carbonyl (C=O) groups excluding carboxylic acids is 5. The molecule has 6 rings (SSSR count). The Bertz CT molecular complexity index is 1670. The van der Waals surface area contributed by atoms with E-state index in [1.807, 2.05) is 30.3 Å². The van der Waals surface area contributed by atoms with Gasteiger partial charge in [-0.1, -0.05) is 49.3 Å². The van der Waals surface area contributed by atoms with Crippen molar-refractivity contribution in [3.8, 4) is 0 Å². The van der Waals surface area contributed by atoms with Gasteiger partial charge in [-0.3, -0.25) is 19.1 Å². The molecule has 0 radical (unpaired) electrons. The number of ether oxygens (including phenoxy) is 2. The molecule has 0 spiro atoms. The number of nitrogens with zero attached hydrogens (tertiary/aromatic N) is 2. The SMILES string of the molecule is O=C(N[C@H]1CCCCC/C=C/[C@@H]2C[C@@]2(C(=O)NS(=O)(=O)C2CC2)NC(=O)[C@@H]2C[C@@H](OC(=O)N3CCc4ccccc4C3)CN2C1=O)OCC(F)F. The third-order valence-electron chi connectivity index (χ3n) is 10.1. The van der Waals surface area contributed by atoms with E-state index in [0.717, 1.165) is 16.0 Å². The quantitative estimate of drug-likeness (QED) is 0.355. The second kappa shape index (κ2) is 15.1. The summed E-state index contributed by atoms with van der Waals surface area (Å²) in [4.78, 5) is 70.3. The van der Waals surface area contributed by atoms with Crippen LogP contribution in [0.2, 0.25) is 0 Å². The summed E-state index contributed by atoms with van der Waals surface area (Å²) in [7, 11) is -3.94. The van der Waals surface area contributed by atoms with Crippen molar-refractivity contribution in [2.45, 2.75) is 106 Å². The van der Waals surface area contributed by atoms with Gasteiger partial charge in [-0.15, -0.1) is 0 Å². The molecule has 2 aliphatic carbocycles. The minimum absolute atomic E-state index is 0.114. The van der Waals surface area contributed by atoms with Crippen molar-refractivity contribution in [2.75, 3.05) is 19.7 Å².